The third-order valence-electron chi connectivity index (χ3n) is 3.33. The van der Waals surface area contributed by atoms with Crippen molar-refractivity contribution in [2.24, 2.45) is 0 Å². The van der Waals surface area contributed by atoms with Gasteiger partial charge < -0.3 is 14.2 Å². The van der Waals surface area contributed by atoms with Gasteiger partial charge >= 0.3 is 5.97 Å². The smallest absolute Gasteiger partial charge is 0.343 e. The molecule has 6 heteroatoms. The van der Waals surface area contributed by atoms with Crippen LogP contribution >= 0.6 is 11.8 Å². The van der Waals surface area contributed by atoms with E-state index in [0.717, 1.165) is 11.8 Å². The Balaban J connectivity index is 2.35. The van der Waals surface area contributed by atoms with Crippen LogP contribution in [0, 0.1) is 0 Å². The fraction of sp³-hybridized carbons (Fsp3) is 0.222. The summed E-state index contributed by atoms with van der Waals surface area (Å²) in [4.78, 5) is 23.5. The van der Waals surface area contributed by atoms with Gasteiger partial charge in [-0.1, -0.05) is 0 Å². The van der Waals surface area contributed by atoms with E-state index in [1.807, 2.05) is 6.26 Å². The lowest BCUT2D eigenvalue weighted by atomic mass is 10.1. The number of hydrogen-bond donors (Lipinski definition) is 0. The first-order valence-corrected chi connectivity index (χ1v) is 8.53. The van der Waals surface area contributed by atoms with Crippen molar-refractivity contribution >= 4 is 24.0 Å². The average molecular weight is 346 g/mol. The summed E-state index contributed by atoms with van der Waals surface area (Å²) in [6, 6.07) is 9.87. The lowest BCUT2D eigenvalue weighted by Gasteiger charge is -2.14. The Morgan fingerprint density at radius 3 is 2.38 bits per heavy atom. The molecular formula is C18H18O5S. The molecule has 0 unspecified atom stereocenters. The van der Waals surface area contributed by atoms with E-state index in [4.69, 9.17) is 14.2 Å². The van der Waals surface area contributed by atoms with E-state index in [1.165, 1.54) is 7.11 Å². The van der Waals surface area contributed by atoms with Gasteiger partial charge in [-0.3, -0.25) is 4.79 Å². The molecule has 0 N–H and O–H groups in total. The molecular weight excluding hydrogens is 328 g/mol. The highest BCUT2D eigenvalue weighted by Crippen LogP contribution is 2.35. The highest BCUT2D eigenvalue weighted by molar-refractivity contribution is 7.97. The predicted molar refractivity (Wildman–Crippen MR) is 93.6 cm³/mol. The minimum atomic E-state index is -0.503. The second-order valence-electron chi connectivity index (χ2n) is 4.88. The van der Waals surface area contributed by atoms with Crippen LogP contribution in [0.3, 0.4) is 0 Å². The van der Waals surface area contributed by atoms with Gasteiger partial charge in [0.25, 0.3) is 0 Å². The molecule has 0 amide bonds. The average Bonchev–Trinajstić information content (AvgIpc) is 2.63. The quantitative estimate of drug-likeness (QED) is 0.434. The van der Waals surface area contributed by atoms with E-state index in [1.54, 1.807) is 55.3 Å². The summed E-state index contributed by atoms with van der Waals surface area (Å²) in [7, 11) is 3.03. The van der Waals surface area contributed by atoms with Crippen LogP contribution in [0.5, 0.6) is 17.2 Å². The number of aldehydes is 1. The first-order valence-electron chi connectivity index (χ1n) is 7.14. The zero-order valence-corrected chi connectivity index (χ0v) is 14.5. The van der Waals surface area contributed by atoms with Gasteiger partial charge in [-0.25, -0.2) is 4.79 Å². The molecule has 0 saturated carbocycles. The molecule has 2 aromatic rings. The molecule has 0 aliphatic heterocycles. The summed E-state index contributed by atoms with van der Waals surface area (Å²) >= 11 is 1.56. The Kier molecular flexibility index (Phi) is 6.26. The van der Waals surface area contributed by atoms with Crippen molar-refractivity contribution in [3.63, 3.8) is 0 Å². The van der Waals surface area contributed by atoms with Gasteiger partial charge in [-0.15, -0.1) is 0 Å². The number of esters is 1. The Morgan fingerprint density at radius 2 is 1.83 bits per heavy atom. The molecule has 0 atom stereocenters. The van der Waals surface area contributed by atoms with Gasteiger partial charge in [0, 0.05) is 16.9 Å². The monoisotopic (exact) mass is 346 g/mol. The summed E-state index contributed by atoms with van der Waals surface area (Å²) in [6.07, 6.45) is 2.66. The summed E-state index contributed by atoms with van der Waals surface area (Å²) in [6.45, 7) is 0. The van der Waals surface area contributed by atoms with E-state index >= 15 is 0 Å². The van der Waals surface area contributed by atoms with E-state index in [0.29, 0.717) is 34.1 Å². The van der Waals surface area contributed by atoms with E-state index in [9.17, 15) is 9.59 Å². The fourth-order valence-corrected chi connectivity index (χ4v) is 2.69. The number of ether oxygens (including phenoxy) is 3. The largest absolute Gasteiger partial charge is 0.497 e. The van der Waals surface area contributed by atoms with Gasteiger partial charge in [0.1, 0.15) is 12.0 Å². The fourth-order valence-electron chi connectivity index (χ4n) is 2.16. The van der Waals surface area contributed by atoms with Crippen LogP contribution in [0.4, 0.5) is 0 Å². The molecule has 0 spiro atoms. The van der Waals surface area contributed by atoms with Crippen molar-refractivity contribution in [1.82, 2.24) is 0 Å². The van der Waals surface area contributed by atoms with Crippen LogP contribution in [0.25, 0.3) is 0 Å². The Hall–Kier alpha value is -2.47. The maximum Gasteiger partial charge on any atom is 0.343 e. The topological polar surface area (TPSA) is 61.8 Å². The summed E-state index contributed by atoms with van der Waals surface area (Å²) < 4.78 is 15.9. The Bertz CT molecular complexity index is 725. The standard InChI is InChI=1S/C18H18O5S/c1-21-15-6-4-13(5-7-15)18(20)23-17-14(11-24-3)8-12(10-19)9-16(17)22-2/h4-10H,11H2,1-3H3. The van der Waals surface area contributed by atoms with Crippen LogP contribution in [0.2, 0.25) is 0 Å². The number of rotatable bonds is 7. The third-order valence-corrected chi connectivity index (χ3v) is 3.93. The first-order chi connectivity index (χ1) is 11.6. The third kappa shape index (κ3) is 4.08. The number of hydrogen-bond acceptors (Lipinski definition) is 6. The molecule has 0 fully saturated rings. The molecule has 0 radical (unpaired) electrons. The van der Waals surface area contributed by atoms with E-state index in [2.05, 4.69) is 0 Å². The van der Waals surface area contributed by atoms with Crippen LogP contribution in [0.1, 0.15) is 26.3 Å². The zero-order chi connectivity index (χ0) is 17.5. The van der Waals surface area contributed by atoms with Crippen molar-refractivity contribution < 1.29 is 23.8 Å². The molecule has 0 saturated heterocycles. The van der Waals surface area contributed by atoms with Gasteiger partial charge in [0.15, 0.2) is 11.5 Å². The molecule has 0 bridgehead atoms. The molecule has 126 valence electrons. The van der Waals surface area contributed by atoms with Crippen molar-refractivity contribution in [2.75, 3.05) is 20.5 Å². The van der Waals surface area contributed by atoms with E-state index in [-0.39, 0.29) is 0 Å². The Labute approximate surface area is 144 Å². The molecule has 0 heterocycles. The highest BCUT2D eigenvalue weighted by atomic mass is 32.2. The van der Waals surface area contributed by atoms with Crippen LogP contribution in [0.15, 0.2) is 36.4 Å². The number of methoxy groups -OCH3 is 2. The van der Waals surface area contributed by atoms with Gasteiger partial charge in [0.2, 0.25) is 0 Å². The zero-order valence-electron chi connectivity index (χ0n) is 13.7. The normalized spacial score (nSPS) is 10.1. The van der Waals surface area contributed by atoms with Crippen molar-refractivity contribution in [3.05, 3.63) is 53.1 Å². The number of thioether (sulfide) groups is 1. The SMILES string of the molecule is COc1ccc(C(=O)Oc2c(CSC)cc(C=O)cc2OC)cc1. The molecule has 5 nitrogen and oxygen atoms in total. The van der Waals surface area contributed by atoms with Crippen molar-refractivity contribution in [1.29, 1.82) is 0 Å². The number of carbonyl (C=O) groups is 2. The van der Waals surface area contributed by atoms with Crippen molar-refractivity contribution in [2.45, 2.75) is 5.75 Å². The van der Waals surface area contributed by atoms with Gasteiger partial charge in [0.05, 0.1) is 19.8 Å². The maximum atomic E-state index is 12.4. The lowest BCUT2D eigenvalue weighted by molar-refractivity contribution is 0.0728. The van der Waals surface area contributed by atoms with Gasteiger partial charge in [-0.05, 0) is 42.7 Å². The minimum absolute atomic E-state index is 0.332. The van der Waals surface area contributed by atoms with Crippen LogP contribution in [-0.2, 0) is 5.75 Å². The predicted octanol–water partition coefficient (Wildman–Crippen LogP) is 3.60. The second-order valence-corrected chi connectivity index (χ2v) is 5.75. The molecule has 2 rings (SSSR count). The number of carbonyl (C=O) groups excluding carboxylic acids is 2. The molecule has 24 heavy (non-hydrogen) atoms. The highest BCUT2D eigenvalue weighted by Gasteiger charge is 2.18. The van der Waals surface area contributed by atoms with Crippen molar-refractivity contribution in [3.8, 4) is 17.2 Å². The molecule has 0 aliphatic rings. The lowest BCUT2D eigenvalue weighted by Crippen LogP contribution is -2.11. The maximum absolute atomic E-state index is 12.4. The summed E-state index contributed by atoms with van der Waals surface area (Å²) in [5.41, 5.74) is 1.60. The molecule has 0 aromatic heterocycles. The number of benzene rings is 2. The van der Waals surface area contributed by atoms with Gasteiger partial charge in [-0.2, -0.15) is 11.8 Å². The molecule has 2 aromatic carbocycles. The van der Waals surface area contributed by atoms with Crippen LogP contribution in [-0.4, -0.2) is 32.7 Å². The minimum Gasteiger partial charge on any atom is -0.497 e. The summed E-state index contributed by atoms with van der Waals surface area (Å²) in [5.74, 6) is 1.42. The first kappa shape index (κ1) is 17.9. The second kappa shape index (κ2) is 8.40. The summed E-state index contributed by atoms with van der Waals surface area (Å²) in [5, 5.41) is 0. The van der Waals surface area contributed by atoms with Crippen LogP contribution < -0.4 is 14.2 Å². The van der Waals surface area contributed by atoms with E-state index < -0.39 is 5.97 Å². The Morgan fingerprint density at radius 1 is 1.12 bits per heavy atom. The molecule has 0 aliphatic carbocycles.